The minimum Gasteiger partial charge on any atom is -0.393 e. The molecule has 12 heteroatoms. The second-order valence-electron chi connectivity index (χ2n) is 25.3. The smallest absolute Gasteiger partial charge is 0.0845 e. The summed E-state index contributed by atoms with van der Waals surface area (Å²) in [4.78, 5) is 0. The third-order valence-electron chi connectivity index (χ3n) is 18.4. The van der Waals surface area contributed by atoms with Crippen molar-refractivity contribution < 1.29 is 58.0 Å². The fourth-order valence-electron chi connectivity index (χ4n) is 12.8. The number of rotatable bonds is 43. The molecule has 0 amide bonds. The first-order chi connectivity index (χ1) is 36.5. The summed E-state index contributed by atoms with van der Waals surface area (Å²) in [5, 5.41) is 31.1. The van der Waals surface area contributed by atoms with Gasteiger partial charge in [0.2, 0.25) is 0 Å². The molecule has 3 N–H and O–H groups in total. The molecule has 0 bridgehead atoms. The molecule has 0 radical (unpaired) electrons. The van der Waals surface area contributed by atoms with Gasteiger partial charge in [-0.05, 0) is 169 Å². The van der Waals surface area contributed by atoms with Crippen molar-refractivity contribution in [2.75, 3.05) is 79.3 Å². The molecule has 5 aliphatic rings. The molecule has 1 heterocycles. The van der Waals surface area contributed by atoms with Gasteiger partial charge in [-0.25, -0.2) is 0 Å². The molecular formula is C63H118O12. The highest BCUT2D eigenvalue weighted by molar-refractivity contribution is 4.92. The summed E-state index contributed by atoms with van der Waals surface area (Å²) < 4.78 is 59.7. The molecule has 0 aromatic heterocycles. The number of hydrogen-bond acceptors (Lipinski definition) is 12. The Morgan fingerprint density at radius 2 is 0.693 bits per heavy atom. The lowest BCUT2D eigenvalue weighted by molar-refractivity contribution is -0.0889. The van der Waals surface area contributed by atoms with Crippen LogP contribution >= 0.6 is 0 Å². The minimum atomic E-state index is -0.195. The summed E-state index contributed by atoms with van der Waals surface area (Å²) in [7, 11) is 0. The molecule has 75 heavy (non-hydrogen) atoms. The molecule has 1 saturated heterocycles. The minimum absolute atomic E-state index is 0.0000845. The Balaban J connectivity index is 1.29. The van der Waals surface area contributed by atoms with Crippen LogP contribution in [0.1, 0.15) is 215 Å². The van der Waals surface area contributed by atoms with E-state index in [1.165, 1.54) is 12.8 Å². The Morgan fingerprint density at radius 1 is 0.373 bits per heavy atom. The Hall–Kier alpha value is -0.480. The number of unbranched alkanes of at least 4 members (excludes halogenated alkanes) is 4. The summed E-state index contributed by atoms with van der Waals surface area (Å²) in [6, 6.07) is 0. The number of fused-ring (bicyclic) bond motifs is 1. The van der Waals surface area contributed by atoms with Crippen molar-refractivity contribution >= 4 is 0 Å². The largest absolute Gasteiger partial charge is 0.393 e. The molecule has 18 atom stereocenters. The lowest BCUT2D eigenvalue weighted by Gasteiger charge is -2.33. The van der Waals surface area contributed by atoms with E-state index in [0.717, 1.165) is 181 Å². The monoisotopic (exact) mass is 1070 g/mol. The van der Waals surface area contributed by atoms with Crippen molar-refractivity contribution in [3.05, 3.63) is 0 Å². The van der Waals surface area contributed by atoms with Crippen LogP contribution in [0, 0.1) is 53.3 Å². The molecule has 1 aliphatic heterocycles. The lowest BCUT2D eigenvalue weighted by Crippen LogP contribution is -2.34. The van der Waals surface area contributed by atoms with Crippen LogP contribution in [0.2, 0.25) is 0 Å². The van der Waals surface area contributed by atoms with E-state index in [9.17, 15) is 15.3 Å². The van der Waals surface area contributed by atoms with Crippen LogP contribution in [-0.2, 0) is 42.6 Å². The maximum Gasteiger partial charge on any atom is 0.0845 e. The van der Waals surface area contributed by atoms with Crippen LogP contribution in [0.15, 0.2) is 0 Å². The van der Waals surface area contributed by atoms with Gasteiger partial charge in [-0.2, -0.15) is 0 Å². The van der Waals surface area contributed by atoms with Gasteiger partial charge in [-0.1, -0.05) is 99.8 Å². The summed E-state index contributed by atoms with van der Waals surface area (Å²) in [5.41, 5.74) is 0. The van der Waals surface area contributed by atoms with Crippen LogP contribution in [-0.4, -0.2) is 150 Å². The van der Waals surface area contributed by atoms with Gasteiger partial charge in [0, 0.05) is 39.6 Å². The third-order valence-corrected chi connectivity index (χ3v) is 18.4. The van der Waals surface area contributed by atoms with Crippen molar-refractivity contribution in [2.45, 2.75) is 270 Å². The van der Waals surface area contributed by atoms with Crippen molar-refractivity contribution in [2.24, 2.45) is 53.3 Å². The highest BCUT2D eigenvalue weighted by atomic mass is 16.6. The molecule has 5 rings (SSSR count). The van der Waals surface area contributed by atoms with E-state index in [2.05, 4.69) is 48.5 Å². The quantitative estimate of drug-likeness (QED) is 0.0500. The van der Waals surface area contributed by atoms with Crippen molar-refractivity contribution in [3.63, 3.8) is 0 Å². The average molecular weight is 1070 g/mol. The van der Waals surface area contributed by atoms with Crippen LogP contribution in [0.4, 0.5) is 0 Å². The molecule has 0 spiro atoms. The zero-order valence-electron chi connectivity index (χ0n) is 49.3. The van der Waals surface area contributed by atoms with Gasteiger partial charge in [-0.3, -0.25) is 0 Å². The average Bonchev–Trinajstić information content (AvgIpc) is 4.19. The predicted molar refractivity (Wildman–Crippen MR) is 300 cm³/mol. The SMILES string of the molecule is CCCCC(COCC1CCC(O)C(C)C1)OCCC(COC(CCCC)COCC1CCC(O)C(C)C1)C(CCOC(CCCC)COCC1CCC2OC2C1)COC(CCCC)COCC1CCC(O)C(C)C1. The highest BCUT2D eigenvalue weighted by Crippen LogP contribution is 2.40. The number of hydrogen-bond donors (Lipinski definition) is 3. The first-order valence-electron chi connectivity index (χ1n) is 31.9. The van der Waals surface area contributed by atoms with Gasteiger partial charge in [0.1, 0.15) is 0 Å². The molecule has 4 aliphatic carbocycles. The molecule has 0 aromatic carbocycles. The summed E-state index contributed by atoms with van der Waals surface area (Å²) in [6.07, 6.45) is 27.1. The van der Waals surface area contributed by atoms with Crippen LogP contribution in [0.25, 0.3) is 0 Å². The Kier molecular flexibility index (Phi) is 33.3. The van der Waals surface area contributed by atoms with E-state index >= 15 is 0 Å². The van der Waals surface area contributed by atoms with Crippen LogP contribution in [0.5, 0.6) is 0 Å². The van der Waals surface area contributed by atoms with Crippen LogP contribution in [0.3, 0.4) is 0 Å². The van der Waals surface area contributed by atoms with Gasteiger partial charge in [0.05, 0.1) is 94.6 Å². The second-order valence-corrected chi connectivity index (χ2v) is 25.3. The molecule has 0 aromatic rings. The molecule has 12 nitrogen and oxygen atoms in total. The van der Waals surface area contributed by atoms with Gasteiger partial charge in [0.15, 0.2) is 0 Å². The highest BCUT2D eigenvalue weighted by Gasteiger charge is 2.44. The van der Waals surface area contributed by atoms with Crippen LogP contribution < -0.4 is 0 Å². The van der Waals surface area contributed by atoms with E-state index in [4.69, 9.17) is 42.6 Å². The zero-order valence-corrected chi connectivity index (χ0v) is 49.3. The first-order valence-corrected chi connectivity index (χ1v) is 31.9. The molecular weight excluding hydrogens is 949 g/mol. The van der Waals surface area contributed by atoms with Gasteiger partial charge >= 0.3 is 0 Å². The summed E-state index contributed by atoms with van der Waals surface area (Å²) >= 11 is 0. The number of ether oxygens (including phenoxy) is 9. The van der Waals surface area contributed by atoms with Crippen molar-refractivity contribution in [1.29, 1.82) is 0 Å². The maximum atomic E-state index is 10.4. The van der Waals surface area contributed by atoms with E-state index in [1.54, 1.807) is 0 Å². The Morgan fingerprint density at radius 3 is 1.01 bits per heavy atom. The fraction of sp³-hybridized carbons (Fsp3) is 1.00. The fourth-order valence-corrected chi connectivity index (χ4v) is 12.8. The Bertz CT molecular complexity index is 1390. The summed E-state index contributed by atoms with van der Waals surface area (Å²) in [6.45, 7) is 23.3. The lowest BCUT2D eigenvalue weighted by atomic mass is 9.81. The topological polar surface area (TPSA) is 147 Å². The maximum absolute atomic E-state index is 10.4. The van der Waals surface area contributed by atoms with Crippen molar-refractivity contribution in [3.8, 4) is 0 Å². The van der Waals surface area contributed by atoms with Gasteiger partial charge in [0.25, 0.3) is 0 Å². The van der Waals surface area contributed by atoms with E-state index < -0.39 is 0 Å². The predicted octanol–water partition coefficient (Wildman–Crippen LogP) is 12.3. The summed E-state index contributed by atoms with van der Waals surface area (Å²) in [5.74, 6) is 3.31. The number of aliphatic hydroxyl groups is 3. The molecule has 5 fully saturated rings. The normalized spacial score (nSPS) is 31.6. The molecule has 442 valence electrons. The first kappa shape index (κ1) is 65.3. The molecule has 18 unspecified atom stereocenters. The Labute approximate surface area is 459 Å². The van der Waals surface area contributed by atoms with Crippen molar-refractivity contribution in [1.82, 2.24) is 0 Å². The van der Waals surface area contributed by atoms with E-state index in [-0.39, 0.29) is 54.6 Å². The number of epoxide rings is 1. The zero-order chi connectivity index (χ0) is 53.6. The van der Waals surface area contributed by atoms with Gasteiger partial charge in [-0.15, -0.1) is 0 Å². The second kappa shape index (κ2) is 38.3. The van der Waals surface area contributed by atoms with E-state index in [1.807, 2.05) is 0 Å². The van der Waals surface area contributed by atoms with E-state index in [0.29, 0.717) is 106 Å². The molecule has 4 saturated carbocycles. The standard InChI is InChI=1S/C63H118O12/c1-8-12-16-55(42-67-36-49-20-24-59(64)46(5)32-49)71-30-28-53(40-73-57(18-14-10-3)44-68-37-50-21-25-60(65)47(6)33-50)54(41-74-58(19-15-11-4)45-69-38-51-22-26-61(66)48(7)34-51)29-31-72-56(17-13-9-2)43-70-39-52-23-27-62-63(35-52)75-62/h46-66H,8-45H2,1-7H3. The van der Waals surface area contributed by atoms with Gasteiger partial charge < -0.3 is 58.0 Å². The third kappa shape index (κ3) is 26.3. The number of aliphatic hydroxyl groups excluding tert-OH is 3.